The number of rotatable bonds is 7. The monoisotopic (exact) mass is 247 g/mol. The van der Waals surface area contributed by atoms with Crippen molar-refractivity contribution >= 4 is 5.78 Å². The van der Waals surface area contributed by atoms with Crippen molar-refractivity contribution in [2.75, 3.05) is 13.1 Å². The van der Waals surface area contributed by atoms with Crippen LogP contribution in [0.1, 0.15) is 44.5 Å². The lowest BCUT2D eigenvalue weighted by atomic mass is 9.98. The molecule has 0 amide bonds. The summed E-state index contributed by atoms with van der Waals surface area (Å²) in [6.07, 6.45) is 1.13. The van der Waals surface area contributed by atoms with Crippen molar-refractivity contribution in [1.29, 1.82) is 0 Å². The fraction of sp³-hybridized carbons (Fsp3) is 0.562. The topological polar surface area (TPSA) is 20.3 Å². The molecule has 2 nitrogen and oxygen atoms in total. The highest BCUT2D eigenvalue weighted by Crippen LogP contribution is 2.13. The minimum absolute atomic E-state index is 0.0568. The quantitative estimate of drug-likeness (QED) is 0.686. The summed E-state index contributed by atoms with van der Waals surface area (Å²) in [5, 5.41) is 0. The Morgan fingerprint density at radius 1 is 1.17 bits per heavy atom. The molecular formula is C16H25NO. The van der Waals surface area contributed by atoms with Crippen LogP contribution in [0.15, 0.2) is 30.3 Å². The van der Waals surface area contributed by atoms with Crippen LogP contribution in [0.25, 0.3) is 0 Å². The van der Waals surface area contributed by atoms with Gasteiger partial charge in [-0.3, -0.25) is 4.79 Å². The lowest BCUT2D eigenvalue weighted by Gasteiger charge is -2.29. The van der Waals surface area contributed by atoms with E-state index in [-0.39, 0.29) is 11.7 Å². The number of nitrogens with zero attached hydrogens (tertiary/aromatic N) is 1. The number of carbonyl (C=O) groups is 1. The van der Waals surface area contributed by atoms with Gasteiger partial charge in [-0.25, -0.2) is 0 Å². The van der Waals surface area contributed by atoms with Gasteiger partial charge in [0.15, 0.2) is 5.78 Å². The first-order valence-electron chi connectivity index (χ1n) is 6.93. The zero-order valence-electron chi connectivity index (χ0n) is 12.0. The van der Waals surface area contributed by atoms with E-state index in [0.717, 1.165) is 25.1 Å². The van der Waals surface area contributed by atoms with Crippen LogP contribution in [0.5, 0.6) is 0 Å². The van der Waals surface area contributed by atoms with Gasteiger partial charge in [0.1, 0.15) is 0 Å². The van der Waals surface area contributed by atoms with Gasteiger partial charge in [0.2, 0.25) is 0 Å². The predicted octanol–water partition coefficient (Wildman–Crippen LogP) is 3.63. The van der Waals surface area contributed by atoms with E-state index in [1.165, 1.54) is 0 Å². The Hall–Kier alpha value is -1.15. The van der Waals surface area contributed by atoms with Gasteiger partial charge in [-0.2, -0.15) is 0 Å². The Bertz CT molecular complexity index is 361. The number of hydrogen-bond donors (Lipinski definition) is 0. The van der Waals surface area contributed by atoms with Crippen molar-refractivity contribution in [2.24, 2.45) is 5.92 Å². The van der Waals surface area contributed by atoms with Crippen molar-refractivity contribution in [3.63, 3.8) is 0 Å². The Morgan fingerprint density at radius 2 is 1.78 bits per heavy atom. The third-order valence-electron chi connectivity index (χ3n) is 3.63. The number of hydrogen-bond acceptors (Lipinski definition) is 2. The summed E-state index contributed by atoms with van der Waals surface area (Å²) >= 11 is 0. The van der Waals surface area contributed by atoms with Gasteiger partial charge in [-0.1, -0.05) is 51.1 Å². The lowest BCUT2D eigenvalue weighted by Crippen LogP contribution is -2.38. The van der Waals surface area contributed by atoms with Crippen LogP contribution in [0.2, 0.25) is 0 Å². The highest BCUT2D eigenvalue weighted by Gasteiger charge is 2.19. The van der Waals surface area contributed by atoms with E-state index in [9.17, 15) is 4.79 Å². The minimum Gasteiger partial charge on any atom is -0.300 e. The fourth-order valence-corrected chi connectivity index (χ4v) is 2.20. The molecular weight excluding hydrogens is 222 g/mol. The van der Waals surface area contributed by atoms with Crippen LogP contribution < -0.4 is 0 Å². The molecule has 2 heteroatoms. The number of carbonyl (C=O) groups excluding carboxylic acids is 1. The van der Waals surface area contributed by atoms with E-state index in [1.807, 2.05) is 37.3 Å². The van der Waals surface area contributed by atoms with Gasteiger partial charge in [-0.05, 0) is 19.9 Å². The van der Waals surface area contributed by atoms with Crippen LogP contribution in [-0.2, 0) is 0 Å². The summed E-state index contributed by atoms with van der Waals surface area (Å²) in [5.41, 5.74) is 0.824. The van der Waals surface area contributed by atoms with Crippen molar-refractivity contribution in [2.45, 2.75) is 40.2 Å². The maximum Gasteiger partial charge on any atom is 0.166 e. The van der Waals surface area contributed by atoms with Gasteiger partial charge < -0.3 is 4.90 Å². The molecule has 0 saturated carbocycles. The van der Waals surface area contributed by atoms with Gasteiger partial charge in [0.25, 0.3) is 0 Å². The zero-order valence-corrected chi connectivity index (χ0v) is 12.0. The maximum absolute atomic E-state index is 12.3. The first-order valence-corrected chi connectivity index (χ1v) is 6.93. The Balaban J connectivity index is 2.64. The SMILES string of the molecule is CCC(C)N(CC)CC(C)C(=O)c1ccccc1. The van der Waals surface area contributed by atoms with Crippen LogP contribution in [0.3, 0.4) is 0 Å². The molecule has 0 aliphatic carbocycles. The molecule has 0 N–H and O–H groups in total. The molecule has 0 aliphatic heterocycles. The standard InChI is InChI=1S/C16H25NO/c1-5-14(4)17(6-2)12-13(3)16(18)15-10-8-7-9-11-15/h7-11,13-14H,5-6,12H2,1-4H3. The van der Waals surface area contributed by atoms with Crippen molar-refractivity contribution in [3.05, 3.63) is 35.9 Å². The van der Waals surface area contributed by atoms with Crippen LogP contribution in [0, 0.1) is 5.92 Å². The highest BCUT2D eigenvalue weighted by molar-refractivity contribution is 5.97. The normalized spacial score (nSPS) is 14.5. The molecule has 18 heavy (non-hydrogen) atoms. The van der Waals surface area contributed by atoms with Crippen LogP contribution in [0.4, 0.5) is 0 Å². The van der Waals surface area contributed by atoms with E-state index >= 15 is 0 Å². The Labute approximate surface area is 111 Å². The molecule has 1 aromatic carbocycles. The average Bonchev–Trinajstić information content (AvgIpc) is 2.43. The minimum atomic E-state index is 0.0568. The first kappa shape index (κ1) is 14.9. The summed E-state index contributed by atoms with van der Waals surface area (Å²) in [6, 6.07) is 10.1. The van der Waals surface area contributed by atoms with Crippen molar-refractivity contribution in [1.82, 2.24) is 4.90 Å². The molecule has 2 unspecified atom stereocenters. The fourth-order valence-electron chi connectivity index (χ4n) is 2.20. The summed E-state index contributed by atoms with van der Waals surface area (Å²) in [4.78, 5) is 14.7. The Kier molecular flexibility index (Phi) is 6.06. The molecule has 0 heterocycles. The smallest absolute Gasteiger partial charge is 0.166 e. The van der Waals surface area contributed by atoms with E-state index in [0.29, 0.717) is 6.04 Å². The second kappa shape index (κ2) is 7.32. The maximum atomic E-state index is 12.3. The van der Waals surface area contributed by atoms with E-state index < -0.39 is 0 Å². The second-order valence-electron chi connectivity index (χ2n) is 4.98. The van der Waals surface area contributed by atoms with Crippen LogP contribution in [-0.4, -0.2) is 29.8 Å². The first-order chi connectivity index (χ1) is 8.60. The van der Waals surface area contributed by atoms with Crippen molar-refractivity contribution < 1.29 is 4.79 Å². The second-order valence-corrected chi connectivity index (χ2v) is 4.98. The van der Waals surface area contributed by atoms with E-state index in [1.54, 1.807) is 0 Å². The number of ketones is 1. The average molecular weight is 247 g/mol. The third-order valence-corrected chi connectivity index (χ3v) is 3.63. The van der Waals surface area contributed by atoms with Gasteiger partial charge >= 0.3 is 0 Å². The molecule has 0 saturated heterocycles. The molecule has 2 atom stereocenters. The van der Waals surface area contributed by atoms with Crippen molar-refractivity contribution in [3.8, 4) is 0 Å². The van der Waals surface area contributed by atoms with Gasteiger partial charge in [-0.15, -0.1) is 0 Å². The summed E-state index contributed by atoms with van der Waals surface area (Å²) in [7, 11) is 0. The molecule has 100 valence electrons. The van der Waals surface area contributed by atoms with E-state index in [4.69, 9.17) is 0 Å². The highest BCUT2D eigenvalue weighted by atomic mass is 16.1. The largest absolute Gasteiger partial charge is 0.300 e. The molecule has 0 aliphatic rings. The third kappa shape index (κ3) is 3.95. The molecule has 0 radical (unpaired) electrons. The summed E-state index contributed by atoms with van der Waals surface area (Å²) in [5.74, 6) is 0.304. The van der Waals surface area contributed by atoms with Gasteiger partial charge in [0, 0.05) is 24.1 Å². The van der Waals surface area contributed by atoms with E-state index in [2.05, 4.69) is 25.7 Å². The summed E-state index contributed by atoms with van der Waals surface area (Å²) < 4.78 is 0. The molecule has 0 bridgehead atoms. The molecule has 1 aromatic rings. The Morgan fingerprint density at radius 3 is 2.28 bits per heavy atom. The number of Topliss-reactive ketones (excluding diaryl/α,β-unsaturated/α-hetero) is 1. The molecule has 0 spiro atoms. The number of benzene rings is 1. The predicted molar refractivity (Wildman–Crippen MR) is 76.9 cm³/mol. The molecule has 1 rings (SSSR count). The zero-order chi connectivity index (χ0) is 13.5. The molecule has 0 aromatic heterocycles. The lowest BCUT2D eigenvalue weighted by molar-refractivity contribution is 0.0875. The van der Waals surface area contributed by atoms with Gasteiger partial charge in [0.05, 0.1) is 0 Å². The molecule has 0 fully saturated rings. The van der Waals surface area contributed by atoms with Crippen LogP contribution >= 0.6 is 0 Å². The summed E-state index contributed by atoms with van der Waals surface area (Å²) in [6.45, 7) is 10.5.